The van der Waals surface area contributed by atoms with Crippen molar-refractivity contribution in [2.24, 2.45) is 5.92 Å². The first-order valence-corrected chi connectivity index (χ1v) is 4.49. The summed E-state index contributed by atoms with van der Waals surface area (Å²) in [6, 6.07) is 0.818. The van der Waals surface area contributed by atoms with E-state index in [0.717, 1.165) is 12.0 Å². The van der Waals surface area contributed by atoms with Crippen LogP contribution >= 0.6 is 0 Å². The molecule has 1 heteroatoms. The SMILES string of the molecule is CCC(C)C(C)N1CCC1. The molecule has 0 aliphatic carbocycles. The van der Waals surface area contributed by atoms with Gasteiger partial charge in [0, 0.05) is 6.04 Å². The predicted molar refractivity (Wildman–Crippen MR) is 45.1 cm³/mol. The highest BCUT2D eigenvalue weighted by Gasteiger charge is 2.23. The Kier molecular flexibility index (Phi) is 2.72. The second-order valence-electron chi connectivity index (χ2n) is 3.52. The van der Waals surface area contributed by atoms with Gasteiger partial charge in [-0.2, -0.15) is 0 Å². The van der Waals surface area contributed by atoms with Gasteiger partial charge in [0.15, 0.2) is 0 Å². The van der Waals surface area contributed by atoms with Crippen molar-refractivity contribution in [3.8, 4) is 0 Å². The molecule has 1 heterocycles. The Bertz CT molecular complexity index is 92.1. The fraction of sp³-hybridized carbons (Fsp3) is 1.00. The van der Waals surface area contributed by atoms with Gasteiger partial charge in [-0.1, -0.05) is 20.3 Å². The van der Waals surface area contributed by atoms with Gasteiger partial charge in [0.2, 0.25) is 0 Å². The highest BCUT2D eigenvalue weighted by molar-refractivity contribution is 4.78. The van der Waals surface area contributed by atoms with E-state index >= 15 is 0 Å². The summed E-state index contributed by atoms with van der Waals surface area (Å²) in [6.45, 7) is 9.66. The third-order valence-corrected chi connectivity index (χ3v) is 2.93. The Hall–Kier alpha value is -0.0400. The number of hydrogen-bond acceptors (Lipinski definition) is 1. The van der Waals surface area contributed by atoms with Gasteiger partial charge in [0.25, 0.3) is 0 Å². The summed E-state index contributed by atoms with van der Waals surface area (Å²) in [5.41, 5.74) is 0. The molecular formula is C9H19N. The van der Waals surface area contributed by atoms with Crippen LogP contribution < -0.4 is 0 Å². The first-order valence-electron chi connectivity index (χ1n) is 4.49. The van der Waals surface area contributed by atoms with E-state index < -0.39 is 0 Å². The summed E-state index contributed by atoms with van der Waals surface area (Å²) in [5, 5.41) is 0. The Balaban J connectivity index is 2.24. The molecule has 1 rings (SSSR count). The summed E-state index contributed by atoms with van der Waals surface area (Å²) in [5.74, 6) is 0.875. The minimum absolute atomic E-state index is 0.818. The van der Waals surface area contributed by atoms with Gasteiger partial charge in [0.1, 0.15) is 0 Å². The monoisotopic (exact) mass is 141 g/mol. The highest BCUT2D eigenvalue weighted by Crippen LogP contribution is 2.19. The topological polar surface area (TPSA) is 3.24 Å². The molecule has 0 N–H and O–H groups in total. The van der Waals surface area contributed by atoms with Crippen molar-refractivity contribution in [2.45, 2.75) is 39.7 Å². The first kappa shape index (κ1) is 8.06. The molecule has 2 unspecified atom stereocenters. The summed E-state index contributed by atoms with van der Waals surface area (Å²) >= 11 is 0. The summed E-state index contributed by atoms with van der Waals surface area (Å²) in [7, 11) is 0. The molecule has 0 aromatic rings. The van der Waals surface area contributed by atoms with Crippen LogP contribution in [0.2, 0.25) is 0 Å². The van der Waals surface area contributed by atoms with Crippen molar-refractivity contribution in [3.63, 3.8) is 0 Å². The largest absolute Gasteiger partial charge is 0.300 e. The number of rotatable bonds is 3. The second kappa shape index (κ2) is 3.38. The van der Waals surface area contributed by atoms with Crippen LogP contribution in [-0.2, 0) is 0 Å². The van der Waals surface area contributed by atoms with E-state index in [0.29, 0.717) is 0 Å². The third-order valence-electron chi connectivity index (χ3n) is 2.93. The number of nitrogens with zero attached hydrogens (tertiary/aromatic N) is 1. The molecule has 0 aromatic carbocycles. The minimum Gasteiger partial charge on any atom is -0.300 e. The highest BCUT2D eigenvalue weighted by atomic mass is 15.2. The molecule has 0 saturated carbocycles. The van der Waals surface area contributed by atoms with Crippen LogP contribution in [0.1, 0.15) is 33.6 Å². The maximum atomic E-state index is 2.58. The van der Waals surface area contributed by atoms with Gasteiger partial charge < -0.3 is 4.90 Å². The molecule has 0 bridgehead atoms. The fourth-order valence-electron chi connectivity index (χ4n) is 1.45. The quantitative estimate of drug-likeness (QED) is 0.582. The van der Waals surface area contributed by atoms with Crippen LogP contribution in [0, 0.1) is 5.92 Å². The zero-order valence-electron chi connectivity index (χ0n) is 7.43. The van der Waals surface area contributed by atoms with E-state index in [1.165, 1.54) is 25.9 Å². The summed E-state index contributed by atoms with van der Waals surface area (Å²) in [6.07, 6.45) is 2.73. The van der Waals surface area contributed by atoms with Crippen molar-refractivity contribution in [1.82, 2.24) is 4.90 Å². The van der Waals surface area contributed by atoms with Crippen molar-refractivity contribution in [1.29, 1.82) is 0 Å². The van der Waals surface area contributed by atoms with Gasteiger partial charge in [-0.3, -0.25) is 0 Å². The average molecular weight is 141 g/mol. The molecule has 1 fully saturated rings. The summed E-state index contributed by atoms with van der Waals surface area (Å²) < 4.78 is 0. The molecule has 1 aliphatic rings. The summed E-state index contributed by atoms with van der Waals surface area (Å²) in [4.78, 5) is 2.58. The van der Waals surface area contributed by atoms with Crippen molar-refractivity contribution in [2.75, 3.05) is 13.1 Å². The molecule has 1 saturated heterocycles. The average Bonchev–Trinajstić information content (AvgIpc) is 1.82. The zero-order chi connectivity index (χ0) is 7.56. The van der Waals surface area contributed by atoms with E-state index in [1.807, 2.05) is 0 Å². The van der Waals surface area contributed by atoms with E-state index in [-0.39, 0.29) is 0 Å². The van der Waals surface area contributed by atoms with Crippen LogP contribution in [-0.4, -0.2) is 24.0 Å². The molecule has 1 nitrogen and oxygen atoms in total. The van der Waals surface area contributed by atoms with E-state index in [2.05, 4.69) is 25.7 Å². The lowest BCUT2D eigenvalue weighted by Crippen LogP contribution is -2.46. The fourth-order valence-corrected chi connectivity index (χ4v) is 1.45. The van der Waals surface area contributed by atoms with Gasteiger partial charge in [-0.25, -0.2) is 0 Å². The third kappa shape index (κ3) is 1.51. The Morgan fingerprint density at radius 3 is 2.20 bits per heavy atom. The molecule has 0 spiro atoms. The molecule has 2 atom stereocenters. The standard InChI is InChI=1S/C9H19N/c1-4-8(2)9(3)10-6-5-7-10/h8-9H,4-7H2,1-3H3. The van der Waals surface area contributed by atoms with Crippen molar-refractivity contribution >= 4 is 0 Å². The molecule has 0 radical (unpaired) electrons. The molecule has 1 aliphatic heterocycles. The first-order chi connectivity index (χ1) is 4.75. The number of hydrogen-bond donors (Lipinski definition) is 0. The van der Waals surface area contributed by atoms with Gasteiger partial charge >= 0.3 is 0 Å². The van der Waals surface area contributed by atoms with Crippen LogP contribution in [0.3, 0.4) is 0 Å². The molecule has 0 amide bonds. The Morgan fingerprint density at radius 1 is 1.30 bits per heavy atom. The maximum absolute atomic E-state index is 2.58. The smallest absolute Gasteiger partial charge is 0.00924 e. The second-order valence-corrected chi connectivity index (χ2v) is 3.52. The van der Waals surface area contributed by atoms with Crippen LogP contribution in [0.15, 0.2) is 0 Å². The van der Waals surface area contributed by atoms with E-state index in [9.17, 15) is 0 Å². The minimum atomic E-state index is 0.818. The zero-order valence-corrected chi connectivity index (χ0v) is 7.43. The van der Waals surface area contributed by atoms with Gasteiger partial charge in [-0.05, 0) is 32.4 Å². The Labute approximate surface area is 64.4 Å². The van der Waals surface area contributed by atoms with Crippen LogP contribution in [0.4, 0.5) is 0 Å². The lowest BCUT2D eigenvalue weighted by Gasteiger charge is -2.39. The van der Waals surface area contributed by atoms with Crippen molar-refractivity contribution in [3.05, 3.63) is 0 Å². The number of likely N-dealkylation sites (tertiary alicyclic amines) is 1. The van der Waals surface area contributed by atoms with Gasteiger partial charge in [-0.15, -0.1) is 0 Å². The van der Waals surface area contributed by atoms with Crippen LogP contribution in [0.5, 0.6) is 0 Å². The van der Waals surface area contributed by atoms with Crippen LogP contribution in [0.25, 0.3) is 0 Å². The molecule has 0 aromatic heterocycles. The maximum Gasteiger partial charge on any atom is 0.00924 e. The molecular weight excluding hydrogens is 122 g/mol. The normalized spacial score (nSPS) is 25.5. The van der Waals surface area contributed by atoms with Gasteiger partial charge in [0.05, 0.1) is 0 Å². The lowest BCUT2D eigenvalue weighted by atomic mass is 9.97. The van der Waals surface area contributed by atoms with Crippen molar-refractivity contribution < 1.29 is 0 Å². The molecule has 60 valence electrons. The predicted octanol–water partition coefficient (Wildman–Crippen LogP) is 2.13. The lowest BCUT2D eigenvalue weighted by molar-refractivity contribution is 0.0926. The van der Waals surface area contributed by atoms with E-state index in [4.69, 9.17) is 0 Å². The van der Waals surface area contributed by atoms with E-state index in [1.54, 1.807) is 0 Å². The molecule has 10 heavy (non-hydrogen) atoms. The Morgan fingerprint density at radius 2 is 1.90 bits per heavy atom.